The fourth-order valence-corrected chi connectivity index (χ4v) is 5.53. The Hall–Kier alpha value is -3.40. The summed E-state index contributed by atoms with van der Waals surface area (Å²) in [7, 11) is 0. The van der Waals surface area contributed by atoms with Crippen LogP contribution in [0, 0.1) is 0 Å². The fourth-order valence-electron chi connectivity index (χ4n) is 5.53. The van der Waals surface area contributed by atoms with Crippen LogP contribution in [0.4, 0.5) is 0 Å². The lowest BCUT2D eigenvalue weighted by Crippen LogP contribution is -2.43. The van der Waals surface area contributed by atoms with E-state index >= 15 is 0 Å². The third kappa shape index (κ3) is 3.32. The van der Waals surface area contributed by atoms with Crippen LogP contribution in [0.3, 0.4) is 0 Å². The maximum absolute atomic E-state index is 13.4. The molecule has 2 aliphatic carbocycles. The second-order valence-corrected chi connectivity index (χ2v) is 8.63. The van der Waals surface area contributed by atoms with Crippen molar-refractivity contribution in [1.29, 1.82) is 0 Å². The summed E-state index contributed by atoms with van der Waals surface area (Å²) in [5, 5.41) is 12.5. The second-order valence-electron chi connectivity index (χ2n) is 8.63. The van der Waals surface area contributed by atoms with Crippen molar-refractivity contribution in [3.05, 3.63) is 106 Å². The quantitative estimate of drug-likeness (QED) is 0.658. The Kier molecular flexibility index (Phi) is 4.85. The van der Waals surface area contributed by atoms with E-state index in [1.807, 2.05) is 42.5 Å². The molecule has 2 N–H and O–H groups in total. The van der Waals surface area contributed by atoms with E-state index in [-0.39, 0.29) is 17.7 Å². The van der Waals surface area contributed by atoms with Crippen LogP contribution in [0.25, 0.3) is 0 Å². The Bertz CT molecular complexity index is 1150. The highest BCUT2D eigenvalue weighted by Gasteiger charge is 2.46. The summed E-state index contributed by atoms with van der Waals surface area (Å²) in [6.45, 7) is 0. The predicted octanol–water partition coefficient (Wildman–Crippen LogP) is 4.29. The number of carbonyl (C=O) groups excluding carboxylic acids is 1. The zero-order chi connectivity index (χ0) is 21.4. The van der Waals surface area contributed by atoms with Gasteiger partial charge in [-0.15, -0.1) is 0 Å². The number of fused-ring (bicyclic) bond motifs is 4. The average molecular weight is 412 g/mol. The SMILES string of the molecule is O=C(N[C@@H](Cc1ccccc1)C(=O)O)c1cccc2c1[C@]1(CCc3ccccc31)CC2. The minimum Gasteiger partial charge on any atom is -0.480 e. The Morgan fingerprint density at radius 2 is 1.55 bits per heavy atom. The molecule has 0 aromatic heterocycles. The lowest BCUT2D eigenvalue weighted by atomic mass is 9.74. The maximum atomic E-state index is 13.4. The first kappa shape index (κ1) is 19.6. The van der Waals surface area contributed by atoms with E-state index in [0.717, 1.165) is 36.8 Å². The summed E-state index contributed by atoms with van der Waals surface area (Å²) < 4.78 is 0. The summed E-state index contributed by atoms with van der Waals surface area (Å²) in [6.07, 6.45) is 4.20. The summed E-state index contributed by atoms with van der Waals surface area (Å²) in [6, 6.07) is 22.9. The second kappa shape index (κ2) is 7.69. The van der Waals surface area contributed by atoms with Gasteiger partial charge in [-0.05, 0) is 59.6 Å². The Morgan fingerprint density at radius 3 is 2.32 bits per heavy atom. The first-order valence-electron chi connectivity index (χ1n) is 10.9. The first-order chi connectivity index (χ1) is 15.1. The van der Waals surface area contributed by atoms with E-state index in [9.17, 15) is 14.7 Å². The summed E-state index contributed by atoms with van der Waals surface area (Å²) in [5.41, 5.74) is 6.35. The van der Waals surface area contributed by atoms with Gasteiger partial charge in [0.2, 0.25) is 0 Å². The van der Waals surface area contributed by atoms with E-state index in [1.165, 1.54) is 16.7 Å². The van der Waals surface area contributed by atoms with Gasteiger partial charge in [0.05, 0.1) is 0 Å². The maximum Gasteiger partial charge on any atom is 0.326 e. The average Bonchev–Trinajstić information content (AvgIpc) is 3.36. The van der Waals surface area contributed by atoms with Crippen LogP contribution >= 0.6 is 0 Å². The third-order valence-corrected chi connectivity index (χ3v) is 6.94. The van der Waals surface area contributed by atoms with Crippen LogP contribution in [0.5, 0.6) is 0 Å². The molecule has 0 saturated heterocycles. The molecule has 2 atom stereocenters. The number of carboxylic acid groups (broad SMARTS) is 1. The first-order valence-corrected chi connectivity index (χ1v) is 10.9. The number of aryl methyl sites for hydroxylation is 2. The molecule has 1 amide bonds. The van der Waals surface area contributed by atoms with Crippen molar-refractivity contribution in [1.82, 2.24) is 5.32 Å². The number of hydrogen-bond acceptors (Lipinski definition) is 2. The minimum absolute atomic E-state index is 0.141. The number of aliphatic carboxylic acids is 1. The highest BCUT2D eigenvalue weighted by Crippen LogP contribution is 2.53. The fraction of sp³-hybridized carbons (Fsp3) is 0.259. The molecule has 156 valence electrons. The smallest absolute Gasteiger partial charge is 0.326 e. The molecule has 2 aliphatic rings. The van der Waals surface area contributed by atoms with Gasteiger partial charge in [-0.3, -0.25) is 4.79 Å². The molecule has 0 saturated carbocycles. The van der Waals surface area contributed by atoms with Gasteiger partial charge in [-0.2, -0.15) is 0 Å². The molecule has 1 spiro atoms. The molecule has 0 aliphatic heterocycles. The molecular formula is C27H25NO3. The molecule has 4 nitrogen and oxygen atoms in total. The zero-order valence-corrected chi connectivity index (χ0v) is 17.3. The van der Waals surface area contributed by atoms with Gasteiger partial charge in [0.1, 0.15) is 6.04 Å². The van der Waals surface area contributed by atoms with E-state index in [2.05, 4.69) is 35.6 Å². The molecule has 0 heterocycles. The number of carboxylic acids is 1. The van der Waals surface area contributed by atoms with Crippen molar-refractivity contribution in [2.75, 3.05) is 0 Å². The number of amides is 1. The number of rotatable bonds is 5. The van der Waals surface area contributed by atoms with E-state index in [1.54, 1.807) is 0 Å². The van der Waals surface area contributed by atoms with Gasteiger partial charge < -0.3 is 10.4 Å². The number of carbonyl (C=O) groups is 2. The largest absolute Gasteiger partial charge is 0.480 e. The molecule has 31 heavy (non-hydrogen) atoms. The molecule has 3 aromatic rings. The van der Waals surface area contributed by atoms with Crippen LogP contribution in [0.1, 0.15) is 51.0 Å². The van der Waals surface area contributed by atoms with Gasteiger partial charge in [0.15, 0.2) is 0 Å². The molecule has 5 rings (SSSR count). The standard InChI is InChI=1S/C27H25NO3/c29-25(28-23(26(30)31)17-18-7-2-1-3-8-18)21-11-6-10-20-14-16-27(24(20)21)15-13-19-9-4-5-12-22(19)27/h1-12,23H,13-17H2,(H,28,29)(H,30,31)/t23-,27+/m0/s1. The molecule has 0 fully saturated rings. The Labute approximate surface area is 181 Å². The predicted molar refractivity (Wildman–Crippen MR) is 119 cm³/mol. The molecule has 0 radical (unpaired) electrons. The van der Waals surface area contributed by atoms with Crippen LogP contribution < -0.4 is 5.32 Å². The number of benzene rings is 3. The monoisotopic (exact) mass is 411 g/mol. The van der Waals surface area contributed by atoms with Crippen molar-refractivity contribution in [2.24, 2.45) is 0 Å². The van der Waals surface area contributed by atoms with Crippen molar-refractivity contribution >= 4 is 11.9 Å². The molecule has 0 unspecified atom stereocenters. The van der Waals surface area contributed by atoms with Gasteiger partial charge in [-0.25, -0.2) is 4.79 Å². The highest BCUT2D eigenvalue weighted by atomic mass is 16.4. The molecule has 4 heteroatoms. The summed E-state index contributed by atoms with van der Waals surface area (Å²) in [5.74, 6) is -1.32. The Balaban J connectivity index is 1.49. The molecule has 3 aromatic carbocycles. The van der Waals surface area contributed by atoms with E-state index in [0.29, 0.717) is 5.56 Å². The lowest BCUT2D eigenvalue weighted by Gasteiger charge is -2.29. The summed E-state index contributed by atoms with van der Waals surface area (Å²) >= 11 is 0. The number of nitrogens with one attached hydrogen (secondary N) is 1. The minimum atomic E-state index is -1.02. The van der Waals surface area contributed by atoms with Gasteiger partial charge in [-0.1, -0.05) is 66.7 Å². The molecular weight excluding hydrogens is 386 g/mol. The third-order valence-electron chi connectivity index (χ3n) is 6.94. The Morgan fingerprint density at radius 1 is 0.871 bits per heavy atom. The summed E-state index contributed by atoms with van der Waals surface area (Å²) in [4.78, 5) is 25.3. The number of hydrogen-bond donors (Lipinski definition) is 2. The van der Waals surface area contributed by atoms with Gasteiger partial charge in [0, 0.05) is 17.4 Å². The van der Waals surface area contributed by atoms with Crippen molar-refractivity contribution in [2.45, 2.75) is 43.6 Å². The molecule has 0 bridgehead atoms. The zero-order valence-electron chi connectivity index (χ0n) is 17.3. The van der Waals surface area contributed by atoms with Crippen molar-refractivity contribution < 1.29 is 14.7 Å². The van der Waals surface area contributed by atoms with Gasteiger partial charge in [0.25, 0.3) is 5.91 Å². The van der Waals surface area contributed by atoms with Crippen molar-refractivity contribution in [3.8, 4) is 0 Å². The van der Waals surface area contributed by atoms with Crippen LogP contribution in [0.2, 0.25) is 0 Å². The van der Waals surface area contributed by atoms with Gasteiger partial charge >= 0.3 is 5.97 Å². The van der Waals surface area contributed by atoms with E-state index < -0.39 is 12.0 Å². The van der Waals surface area contributed by atoms with E-state index in [4.69, 9.17) is 0 Å². The topological polar surface area (TPSA) is 66.4 Å². The van der Waals surface area contributed by atoms with Crippen LogP contribution in [-0.4, -0.2) is 23.0 Å². The van der Waals surface area contributed by atoms with Crippen LogP contribution in [0.15, 0.2) is 72.8 Å². The van der Waals surface area contributed by atoms with Crippen LogP contribution in [-0.2, 0) is 29.5 Å². The highest BCUT2D eigenvalue weighted by molar-refractivity contribution is 5.99. The van der Waals surface area contributed by atoms with Crippen molar-refractivity contribution in [3.63, 3.8) is 0 Å². The normalized spacial score (nSPS) is 19.6. The lowest BCUT2D eigenvalue weighted by molar-refractivity contribution is -0.139.